The molecule has 0 fully saturated rings. The molecular weight excluding hydrogens is 301 g/mol. The van der Waals surface area contributed by atoms with E-state index in [0.717, 1.165) is 6.42 Å². The topological polar surface area (TPSA) is 84.2 Å². The van der Waals surface area contributed by atoms with E-state index in [0.29, 0.717) is 12.2 Å². The van der Waals surface area contributed by atoms with Crippen molar-refractivity contribution in [1.29, 1.82) is 0 Å². The van der Waals surface area contributed by atoms with Gasteiger partial charge in [0.25, 0.3) is 5.91 Å². The van der Waals surface area contributed by atoms with Gasteiger partial charge in [0, 0.05) is 25.2 Å². The lowest BCUT2D eigenvalue weighted by Crippen LogP contribution is -2.31. The zero-order valence-corrected chi connectivity index (χ0v) is 12.6. The third-order valence-corrected chi connectivity index (χ3v) is 3.31. The summed E-state index contributed by atoms with van der Waals surface area (Å²) < 4.78 is 0. The first kappa shape index (κ1) is 16.6. The lowest BCUT2D eigenvalue weighted by atomic mass is 10.2. The predicted octanol–water partition coefficient (Wildman–Crippen LogP) is 2.22. The number of hydrogen-bond donors (Lipinski definition) is 3. The third kappa shape index (κ3) is 4.90. The molecule has 0 radical (unpaired) electrons. The van der Waals surface area contributed by atoms with Crippen LogP contribution in [0.25, 0.3) is 0 Å². The molecule has 0 aliphatic rings. The summed E-state index contributed by atoms with van der Waals surface area (Å²) in [4.78, 5) is 23.3. The molecule has 0 aliphatic carbocycles. The van der Waals surface area contributed by atoms with Crippen LogP contribution < -0.4 is 16.4 Å². The Morgan fingerprint density at radius 2 is 1.90 bits per heavy atom. The number of anilines is 1. The van der Waals surface area contributed by atoms with Gasteiger partial charge in [0.05, 0.1) is 15.6 Å². The summed E-state index contributed by atoms with van der Waals surface area (Å²) in [5, 5.41) is 5.69. The number of rotatable bonds is 6. The number of benzene rings is 1. The smallest absolute Gasteiger partial charge is 0.252 e. The van der Waals surface area contributed by atoms with Crippen LogP contribution in [-0.4, -0.2) is 24.9 Å². The monoisotopic (exact) mass is 317 g/mol. The summed E-state index contributed by atoms with van der Waals surface area (Å²) in [5.74, 6) is -0.517. The first-order chi connectivity index (χ1) is 9.45. The van der Waals surface area contributed by atoms with Crippen molar-refractivity contribution >= 4 is 40.7 Å². The maximum Gasteiger partial charge on any atom is 0.252 e. The standard InChI is InChI=1S/C13H17Cl2N3O2/c1-2-4-17-11(19)3-5-18-13(20)9-6-8(16)7-10(14)12(9)15/h6-7H,2-5,16H2,1H3,(H,17,19)(H,18,20). The normalized spacial score (nSPS) is 10.2. The Bertz CT molecular complexity index is 507. The van der Waals surface area contributed by atoms with Crippen LogP contribution in [0.4, 0.5) is 5.69 Å². The summed E-state index contributed by atoms with van der Waals surface area (Å²) in [6.07, 6.45) is 1.08. The van der Waals surface area contributed by atoms with Gasteiger partial charge in [-0.1, -0.05) is 30.1 Å². The number of halogens is 2. The summed E-state index contributed by atoms with van der Waals surface area (Å²) >= 11 is 11.8. The van der Waals surface area contributed by atoms with Crippen LogP contribution in [-0.2, 0) is 4.79 Å². The fourth-order valence-corrected chi connectivity index (χ4v) is 1.94. The molecule has 0 aromatic heterocycles. The summed E-state index contributed by atoms with van der Waals surface area (Å²) in [6, 6.07) is 2.92. The van der Waals surface area contributed by atoms with E-state index in [1.807, 2.05) is 6.92 Å². The molecule has 2 amide bonds. The van der Waals surface area contributed by atoms with E-state index >= 15 is 0 Å². The molecule has 1 aromatic rings. The van der Waals surface area contributed by atoms with E-state index in [-0.39, 0.29) is 34.5 Å². The van der Waals surface area contributed by atoms with Crippen molar-refractivity contribution in [2.75, 3.05) is 18.8 Å². The molecule has 4 N–H and O–H groups in total. The Labute approximate surface area is 127 Å². The lowest BCUT2D eigenvalue weighted by Gasteiger charge is -2.09. The number of carbonyl (C=O) groups is 2. The summed E-state index contributed by atoms with van der Waals surface area (Å²) in [7, 11) is 0. The fraction of sp³-hybridized carbons (Fsp3) is 0.385. The number of nitrogen functional groups attached to an aromatic ring is 1. The summed E-state index contributed by atoms with van der Waals surface area (Å²) in [5.41, 5.74) is 6.16. The van der Waals surface area contributed by atoms with Gasteiger partial charge in [0.1, 0.15) is 0 Å². The van der Waals surface area contributed by atoms with Gasteiger partial charge in [-0.15, -0.1) is 0 Å². The minimum atomic E-state index is -0.410. The van der Waals surface area contributed by atoms with Crippen molar-refractivity contribution in [1.82, 2.24) is 10.6 Å². The third-order valence-electron chi connectivity index (χ3n) is 2.50. The number of nitrogens with one attached hydrogen (secondary N) is 2. The second-order valence-corrected chi connectivity index (χ2v) is 5.01. The van der Waals surface area contributed by atoms with Gasteiger partial charge in [-0.25, -0.2) is 0 Å². The maximum atomic E-state index is 11.9. The van der Waals surface area contributed by atoms with Gasteiger partial charge < -0.3 is 16.4 Å². The Morgan fingerprint density at radius 3 is 2.55 bits per heavy atom. The van der Waals surface area contributed by atoms with E-state index in [2.05, 4.69) is 10.6 Å². The predicted molar refractivity (Wildman–Crippen MR) is 81.1 cm³/mol. The van der Waals surface area contributed by atoms with Crippen molar-refractivity contribution < 1.29 is 9.59 Å². The van der Waals surface area contributed by atoms with Gasteiger partial charge in [0.2, 0.25) is 5.91 Å². The van der Waals surface area contributed by atoms with E-state index in [1.54, 1.807) is 0 Å². The second kappa shape index (κ2) is 7.97. The van der Waals surface area contributed by atoms with E-state index in [4.69, 9.17) is 28.9 Å². The van der Waals surface area contributed by atoms with E-state index in [1.165, 1.54) is 12.1 Å². The Morgan fingerprint density at radius 1 is 1.20 bits per heavy atom. The molecule has 110 valence electrons. The SMILES string of the molecule is CCCNC(=O)CCNC(=O)c1cc(N)cc(Cl)c1Cl. The minimum absolute atomic E-state index is 0.108. The van der Waals surface area contributed by atoms with Crippen molar-refractivity contribution in [2.24, 2.45) is 0 Å². The number of nitrogens with two attached hydrogens (primary N) is 1. The molecule has 0 saturated carbocycles. The molecule has 0 atom stereocenters. The van der Waals surface area contributed by atoms with Crippen LogP contribution >= 0.6 is 23.2 Å². The zero-order valence-electron chi connectivity index (χ0n) is 11.1. The second-order valence-electron chi connectivity index (χ2n) is 4.22. The Balaban J connectivity index is 2.54. The average molecular weight is 318 g/mol. The van der Waals surface area contributed by atoms with Crippen molar-refractivity contribution in [2.45, 2.75) is 19.8 Å². The average Bonchev–Trinajstić information content (AvgIpc) is 2.40. The highest BCUT2D eigenvalue weighted by molar-refractivity contribution is 6.44. The van der Waals surface area contributed by atoms with E-state index < -0.39 is 5.91 Å². The van der Waals surface area contributed by atoms with Crippen molar-refractivity contribution in [3.63, 3.8) is 0 Å². The van der Waals surface area contributed by atoms with Gasteiger partial charge >= 0.3 is 0 Å². The van der Waals surface area contributed by atoms with Crippen LogP contribution in [0.3, 0.4) is 0 Å². The maximum absolute atomic E-state index is 11.9. The fourth-order valence-electron chi connectivity index (χ4n) is 1.51. The molecule has 0 aliphatic heterocycles. The summed E-state index contributed by atoms with van der Waals surface area (Å²) in [6.45, 7) is 2.81. The highest BCUT2D eigenvalue weighted by Gasteiger charge is 2.14. The molecule has 1 rings (SSSR count). The van der Waals surface area contributed by atoms with Crippen LogP contribution in [0, 0.1) is 0 Å². The van der Waals surface area contributed by atoms with Gasteiger partial charge in [-0.3, -0.25) is 9.59 Å². The molecular formula is C13H17Cl2N3O2. The van der Waals surface area contributed by atoms with E-state index in [9.17, 15) is 9.59 Å². The van der Waals surface area contributed by atoms with Gasteiger partial charge in [-0.2, -0.15) is 0 Å². The molecule has 0 bridgehead atoms. The molecule has 0 saturated heterocycles. The Hall–Kier alpha value is -1.46. The largest absolute Gasteiger partial charge is 0.399 e. The molecule has 5 nitrogen and oxygen atoms in total. The van der Waals surface area contributed by atoms with Crippen molar-refractivity contribution in [3.05, 3.63) is 27.7 Å². The van der Waals surface area contributed by atoms with Crippen LogP contribution in [0.5, 0.6) is 0 Å². The molecule has 20 heavy (non-hydrogen) atoms. The van der Waals surface area contributed by atoms with Crippen LogP contribution in [0.15, 0.2) is 12.1 Å². The van der Waals surface area contributed by atoms with Crippen molar-refractivity contribution in [3.8, 4) is 0 Å². The molecule has 0 unspecified atom stereocenters. The van der Waals surface area contributed by atoms with Gasteiger partial charge in [0.15, 0.2) is 0 Å². The quantitative estimate of drug-likeness (QED) is 0.703. The molecule has 0 spiro atoms. The number of amides is 2. The molecule has 7 heteroatoms. The first-order valence-electron chi connectivity index (χ1n) is 6.25. The minimum Gasteiger partial charge on any atom is -0.399 e. The highest BCUT2D eigenvalue weighted by Crippen LogP contribution is 2.28. The number of hydrogen-bond acceptors (Lipinski definition) is 3. The van der Waals surface area contributed by atoms with Crippen LogP contribution in [0.1, 0.15) is 30.1 Å². The van der Waals surface area contributed by atoms with Crippen LogP contribution in [0.2, 0.25) is 10.0 Å². The first-order valence-corrected chi connectivity index (χ1v) is 7.00. The molecule has 1 aromatic carbocycles. The Kier molecular flexibility index (Phi) is 6.61. The lowest BCUT2D eigenvalue weighted by molar-refractivity contribution is -0.120. The highest BCUT2D eigenvalue weighted by atomic mass is 35.5. The molecule has 0 heterocycles. The number of carbonyl (C=O) groups excluding carboxylic acids is 2. The zero-order chi connectivity index (χ0) is 15.1. The van der Waals surface area contributed by atoms with Gasteiger partial charge in [-0.05, 0) is 18.6 Å².